The Hall–Kier alpha value is -1.79. The first-order valence-electron chi connectivity index (χ1n) is 6.31. The number of ether oxygens (including phenoxy) is 1. The summed E-state index contributed by atoms with van der Waals surface area (Å²) in [5.41, 5.74) is 9.09. The lowest BCUT2D eigenvalue weighted by Gasteiger charge is -2.03. The second-order valence-corrected chi connectivity index (χ2v) is 6.42. The predicted molar refractivity (Wildman–Crippen MR) is 90.6 cm³/mol. The Morgan fingerprint density at radius 3 is 2.62 bits per heavy atom. The van der Waals surface area contributed by atoms with Gasteiger partial charge in [-0.15, -0.1) is 11.3 Å². The number of hydrogen-bond donors (Lipinski definition) is 1. The topological polar surface area (TPSA) is 53.1 Å². The molecule has 2 heterocycles. The van der Waals surface area contributed by atoms with Gasteiger partial charge in [-0.1, -0.05) is 28.1 Å². The largest absolute Gasteiger partial charge is 0.496 e. The number of halogens is 1. The molecule has 3 aromatic rings. The first kappa shape index (κ1) is 14.2. The molecule has 2 N–H and O–H groups in total. The molecule has 0 aliphatic rings. The average Bonchev–Trinajstić information content (AvgIpc) is 3.06. The molecule has 1 aromatic carbocycles. The zero-order chi connectivity index (χ0) is 15.0. The van der Waals surface area contributed by atoms with E-state index in [2.05, 4.69) is 21.0 Å². The Bertz CT molecular complexity index is 777. The lowest BCUT2D eigenvalue weighted by Crippen LogP contribution is -1.97. The van der Waals surface area contributed by atoms with Gasteiger partial charge in [0, 0.05) is 23.0 Å². The van der Waals surface area contributed by atoms with Gasteiger partial charge in [-0.25, -0.2) is 0 Å². The van der Waals surface area contributed by atoms with Crippen molar-refractivity contribution in [2.75, 3.05) is 12.8 Å². The molecule has 0 spiro atoms. The Kier molecular flexibility index (Phi) is 3.73. The summed E-state index contributed by atoms with van der Waals surface area (Å²) in [6.45, 7) is 0. The Balaban J connectivity index is 2.17. The predicted octanol–water partition coefficient (Wildman–Crippen LogP) is 4.17. The van der Waals surface area contributed by atoms with Crippen LogP contribution in [0.4, 0.5) is 5.82 Å². The zero-order valence-corrected chi connectivity index (χ0v) is 14.0. The van der Waals surface area contributed by atoms with Crippen LogP contribution >= 0.6 is 27.3 Å². The minimum atomic E-state index is 0.652. The van der Waals surface area contributed by atoms with Gasteiger partial charge in [0.25, 0.3) is 0 Å². The highest BCUT2D eigenvalue weighted by molar-refractivity contribution is 9.10. The van der Waals surface area contributed by atoms with Gasteiger partial charge in [0.05, 0.1) is 17.6 Å². The first-order valence-corrected chi connectivity index (χ1v) is 7.98. The molecular formula is C15H14BrN3OS. The van der Waals surface area contributed by atoms with Crippen LogP contribution in [0, 0.1) is 0 Å². The van der Waals surface area contributed by atoms with Gasteiger partial charge in [-0.05, 0) is 17.7 Å². The van der Waals surface area contributed by atoms with E-state index in [-0.39, 0.29) is 0 Å². The van der Waals surface area contributed by atoms with Gasteiger partial charge in [0.2, 0.25) is 0 Å². The van der Waals surface area contributed by atoms with Crippen molar-refractivity contribution in [1.29, 1.82) is 0 Å². The third-order valence-corrected chi connectivity index (χ3v) is 4.71. The van der Waals surface area contributed by atoms with E-state index in [0.717, 1.165) is 31.9 Å². The van der Waals surface area contributed by atoms with Gasteiger partial charge in [0.15, 0.2) is 0 Å². The Morgan fingerprint density at radius 1 is 1.29 bits per heavy atom. The number of hydrogen-bond acceptors (Lipinski definition) is 4. The summed E-state index contributed by atoms with van der Waals surface area (Å²) in [6, 6.07) is 10.0. The van der Waals surface area contributed by atoms with Gasteiger partial charge in [-0.3, -0.25) is 4.68 Å². The van der Waals surface area contributed by atoms with Crippen LogP contribution in [-0.4, -0.2) is 16.9 Å². The van der Waals surface area contributed by atoms with E-state index in [0.29, 0.717) is 5.82 Å². The molecule has 21 heavy (non-hydrogen) atoms. The minimum Gasteiger partial charge on any atom is -0.496 e. The van der Waals surface area contributed by atoms with Gasteiger partial charge < -0.3 is 10.5 Å². The molecule has 0 saturated heterocycles. The van der Waals surface area contributed by atoms with E-state index in [4.69, 9.17) is 10.5 Å². The average molecular weight is 364 g/mol. The van der Waals surface area contributed by atoms with E-state index in [1.807, 2.05) is 42.8 Å². The highest BCUT2D eigenvalue weighted by atomic mass is 79.9. The molecule has 4 nitrogen and oxygen atoms in total. The van der Waals surface area contributed by atoms with Crippen molar-refractivity contribution in [3.05, 3.63) is 40.2 Å². The van der Waals surface area contributed by atoms with E-state index in [1.54, 1.807) is 23.1 Å². The summed E-state index contributed by atoms with van der Waals surface area (Å²) < 4.78 is 8.00. The standard InChI is InChI=1S/C15H14BrN3OS/c1-19-15(17)13(9-3-5-10(16)6-4-9)14(18-19)12-7-11(20-2)8-21-12/h3-8H,17H2,1-2H3. The Labute approximate surface area is 135 Å². The molecule has 0 radical (unpaired) electrons. The molecular weight excluding hydrogens is 350 g/mol. The molecule has 0 fully saturated rings. The van der Waals surface area contributed by atoms with E-state index >= 15 is 0 Å². The molecule has 2 aromatic heterocycles. The number of nitrogens with two attached hydrogens (primary N) is 1. The fourth-order valence-corrected chi connectivity index (χ4v) is 3.27. The van der Waals surface area contributed by atoms with Crippen LogP contribution in [0.5, 0.6) is 5.75 Å². The maximum atomic E-state index is 6.21. The normalized spacial score (nSPS) is 10.8. The molecule has 0 aliphatic carbocycles. The third-order valence-electron chi connectivity index (χ3n) is 3.27. The summed E-state index contributed by atoms with van der Waals surface area (Å²) >= 11 is 5.05. The maximum absolute atomic E-state index is 6.21. The highest BCUT2D eigenvalue weighted by Gasteiger charge is 2.18. The monoisotopic (exact) mass is 363 g/mol. The number of benzene rings is 1. The SMILES string of the molecule is COc1csc(-c2nn(C)c(N)c2-c2ccc(Br)cc2)c1. The van der Waals surface area contributed by atoms with Crippen LogP contribution in [0.1, 0.15) is 0 Å². The molecule has 6 heteroatoms. The highest BCUT2D eigenvalue weighted by Crippen LogP contribution is 2.40. The zero-order valence-electron chi connectivity index (χ0n) is 11.6. The van der Waals surface area contributed by atoms with Crippen molar-refractivity contribution in [3.8, 4) is 27.4 Å². The molecule has 0 amide bonds. The fourth-order valence-electron chi connectivity index (χ4n) is 2.16. The molecule has 0 saturated carbocycles. The second kappa shape index (κ2) is 5.54. The molecule has 0 atom stereocenters. The number of nitrogens with zero attached hydrogens (tertiary/aromatic N) is 2. The number of methoxy groups -OCH3 is 1. The van der Waals surface area contributed by atoms with Gasteiger partial charge in [-0.2, -0.15) is 5.10 Å². The quantitative estimate of drug-likeness (QED) is 0.759. The number of aryl methyl sites for hydroxylation is 1. The van der Waals surface area contributed by atoms with Crippen molar-refractivity contribution in [2.24, 2.45) is 7.05 Å². The lowest BCUT2D eigenvalue weighted by atomic mass is 10.0. The van der Waals surface area contributed by atoms with Gasteiger partial charge in [0.1, 0.15) is 17.3 Å². The van der Waals surface area contributed by atoms with Crippen LogP contribution in [0.3, 0.4) is 0 Å². The minimum absolute atomic E-state index is 0.652. The fraction of sp³-hybridized carbons (Fsp3) is 0.133. The van der Waals surface area contributed by atoms with E-state index < -0.39 is 0 Å². The molecule has 0 unspecified atom stereocenters. The molecule has 108 valence electrons. The molecule has 0 bridgehead atoms. The van der Waals surface area contributed by atoms with Gasteiger partial charge >= 0.3 is 0 Å². The third kappa shape index (κ3) is 2.56. The van der Waals surface area contributed by atoms with Crippen molar-refractivity contribution >= 4 is 33.1 Å². The van der Waals surface area contributed by atoms with Crippen LogP contribution in [-0.2, 0) is 7.05 Å². The van der Waals surface area contributed by atoms with Crippen LogP contribution < -0.4 is 10.5 Å². The Morgan fingerprint density at radius 2 is 2.00 bits per heavy atom. The summed E-state index contributed by atoms with van der Waals surface area (Å²) in [5.74, 6) is 1.49. The van der Waals surface area contributed by atoms with Crippen LogP contribution in [0.25, 0.3) is 21.7 Å². The molecule has 3 rings (SSSR count). The summed E-state index contributed by atoms with van der Waals surface area (Å²) in [5, 5.41) is 6.53. The first-order chi connectivity index (χ1) is 10.1. The maximum Gasteiger partial charge on any atom is 0.130 e. The van der Waals surface area contributed by atoms with Crippen molar-refractivity contribution in [1.82, 2.24) is 9.78 Å². The number of thiophene rings is 1. The van der Waals surface area contributed by atoms with Crippen molar-refractivity contribution in [3.63, 3.8) is 0 Å². The summed E-state index contributed by atoms with van der Waals surface area (Å²) in [4.78, 5) is 1.04. The van der Waals surface area contributed by atoms with E-state index in [1.165, 1.54) is 0 Å². The lowest BCUT2D eigenvalue weighted by molar-refractivity contribution is 0.417. The number of rotatable bonds is 3. The number of anilines is 1. The van der Waals surface area contributed by atoms with Crippen molar-refractivity contribution < 1.29 is 4.74 Å². The smallest absolute Gasteiger partial charge is 0.130 e. The number of aromatic nitrogens is 2. The summed E-state index contributed by atoms with van der Waals surface area (Å²) in [7, 11) is 3.51. The van der Waals surface area contributed by atoms with Crippen molar-refractivity contribution in [2.45, 2.75) is 0 Å². The second-order valence-electron chi connectivity index (χ2n) is 4.59. The number of nitrogen functional groups attached to an aromatic ring is 1. The van der Waals surface area contributed by atoms with E-state index in [9.17, 15) is 0 Å². The van der Waals surface area contributed by atoms with Crippen LogP contribution in [0.2, 0.25) is 0 Å². The van der Waals surface area contributed by atoms with Crippen LogP contribution in [0.15, 0.2) is 40.2 Å². The summed E-state index contributed by atoms with van der Waals surface area (Å²) in [6.07, 6.45) is 0. The molecule has 0 aliphatic heterocycles.